The molecule has 4 nitrogen and oxygen atoms in total. The summed E-state index contributed by atoms with van der Waals surface area (Å²) in [6.07, 6.45) is 5.04. The van der Waals surface area contributed by atoms with E-state index >= 15 is 0 Å². The average molecular weight is 367 g/mol. The van der Waals surface area contributed by atoms with Crippen molar-refractivity contribution in [2.24, 2.45) is 11.8 Å². The molecule has 4 heteroatoms. The van der Waals surface area contributed by atoms with Crippen molar-refractivity contribution in [3.63, 3.8) is 0 Å². The largest absolute Gasteiger partial charge is 0.462 e. The van der Waals surface area contributed by atoms with Gasteiger partial charge in [0, 0.05) is 0 Å². The van der Waals surface area contributed by atoms with Gasteiger partial charge in [-0.3, -0.25) is 0 Å². The Balaban J connectivity index is 2.94. The molecule has 0 spiro atoms. The van der Waals surface area contributed by atoms with Crippen molar-refractivity contribution < 1.29 is 24.5 Å². The van der Waals surface area contributed by atoms with Crippen LogP contribution in [0.4, 0.5) is 0 Å². The monoisotopic (exact) mass is 366 g/mol. The van der Waals surface area contributed by atoms with Gasteiger partial charge in [0.05, 0.1) is 29.8 Å². The molecule has 0 unspecified atom stereocenters. The number of carbonyl (C=O) groups excluding carboxylic acids is 2. The van der Waals surface area contributed by atoms with Gasteiger partial charge in [0.15, 0.2) is 0 Å². The van der Waals surface area contributed by atoms with E-state index in [1.165, 1.54) is 0 Å². The summed E-state index contributed by atoms with van der Waals surface area (Å²) in [5.74, 6) is -0.774. The third kappa shape index (κ3) is 9.02. The van der Waals surface area contributed by atoms with Gasteiger partial charge in [-0.1, -0.05) is 52.6 Å². The third-order valence-corrected chi connectivity index (χ3v) is 3.91. The van der Waals surface area contributed by atoms with Gasteiger partial charge in [0.2, 0.25) is 0 Å². The van der Waals surface area contributed by atoms with E-state index < -0.39 is 47.2 Å². The van der Waals surface area contributed by atoms with Crippen LogP contribution in [0.3, 0.4) is 0 Å². The summed E-state index contributed by atoms with van der Waals surface area (Å²) in [6.45, 7) is 8.66. The molecule has 0 aliphatic heterocycles. The van der Waals surface area contributed by atoms with E-state index in [1.807, 2.05) is 0 Å². The molecule has 1 aromatic rings. The Labute approximate surface area is 163 Å². The molecule has 0 aliphatic rings. The fourth-order valence-electron chi connectivity index (χ4n) is 2.40. The highest BCUT2D eigenvalue weighted by molar-refractivity contribution is 6.03. The van der Waals surface area contributed by atoms with E-state index in [9.17, 15) is 9.59 Å². The molecule has 1 rings (SSSR count). The summed E-state index contributed by atoms with van der Waals surface area (Å²) in [5, 5.41) is 0. The Kier molecular flexibility index (Phi) is 7.86. The fourth-order valence-corrected chi connectivity index (χ4v) is 2.40. The van der Waals surface area contributed by atoms with Gasteiger partial charge >= 0.3 is 11.9 Å². The summed E-state index contributed by atoms with van der Waals surface area (Å²) < 4.78 is 42.2. The number of hydrogen-bond donors (Lipinski definition) is 0. The fraction of sp³-hybridized carbons (Fsp3) is 0.636. The van der Waals surface area contributed by atoms with Crippen LogP contribution in [0.1, 0.15) is 92.4 Å². The van der Waals surface area contributed by atoms with Gasteiger partial charge in [-0.15, -0.1) is 0 Å². The molecule has 0 aromatic heterocycles. The molecule has 1 aromatic carbocycles. The number of benzene rings is 1. The molecule has 0 fully saturated rings. The summed E-state index contributed by atoms with van der Waals surface area (Å²) in [5.41, 5.74) is -0.922. The van der Waals surface area contributed by atoms with Crippen LogP contribution < -0.4 is 0 Å². The van der Waals surface area contributed by atoms with Crippen molar-refractivity contribution in [3.05, 3.63) is 35.3 Å². The quantitative estimate of drug-likeness (QED) is 0.354. The first-order valence-electron chi connectivity index (χ1n) is 11.5. The molecule has 0 N–H and O–H groups in total. The molecule has 26 heavy (non-hydrogen) atoms. The molecular formula is C22H34O4. The molecule has 0 bridgehead atoms. The predicted molar refractivity (Wildman–Crippen MR) is 104 cm³/mol. The van der Waals surface area contributed by atoms with E-state index in [4.69, 9.17) is 15.0 Å². The normalized spacial score (nSPS) is 13.2. The lowest BCUT2D eigenvalue weighted by Crippen LogP contribution is -2.15. The van der Waals surface area contributed by atoms with E-state index in [0.29, 0.717) is 24.7 Å². The summed E-state index contributed by atoms with van der Waals surface area (Å²) in [7, 11) is 0. The number of esters is 2. The SMILES string of the molecule is [2H]c1c([2H])c([2H])c(C(=O)OCCCCC(C)C)c(C(=O)OCCCCC(C)C)c1[2H]. The van der Waals surface area contributed by atoms with Crippen molar-refractivity contribution in [1.29, 1.82) is 0 Å². The maximum atomic E-state index is 12.6. The minimum absolute atomic E-state index is 0.123. The second kappa shape index (κ2) is 12.5. The Hall–Kier alpha value is -1.84. The smallest absolute Gasteiger partial charge is 0.339 e. The number of hydrogen-bond acceptors (Lipinski definition) is 4. The van der Waals surface area contributed by atoms with Gasteiger partial charge < -0.3 is 9.47 Å². The summed E-state index contributed by atoms with van der Waals surface area (Å²) in [6, 6.07) is -2.34. The van der Waals surface area contributed by atoms with E-state index in [2.05, 4.69) is 27.7 Å². The number of carbonyl (C=O) groups is 2. The molecule has 0 amide bonds. The Morgan fingerprint density at radius 3 is 1.54 bits per heavy atom. The summed E-state index contributed by atoms with van der Waals surface area (Å²) >= 11 is 0. The van der Waals surface area contributed by atoms with Crippen LogP contribution in [0.2, 0.25) is 0 Å². The molecule has 0 atom stereocenters. The summed E-state index contributed by atoms with van der Waals surface area (Å²) in [4.78, 5) is 25.2. The topological polar surface area (TPSA) is 52.6 Å². The van der Waals surface area contributed by atoms with Crippen LogP contribution in [-0.4, -0.2) is 25.2 Å². The lowest BCUT2D eigenvalue weighted by molar-refractivity contribution is 0.0449. The Morgan fingerprint density at radius 2 is 1.19 bits per heavy atom. The zero-order chi connectivity index (χ0) is 22.8. The Bertz CT molecular complexity index is 672. The Morgan fingerprint density at radius 1 is 0.808 bits per heavy atom. The lowest BCUT2D eigenvalue weighted by Gasteiger charge is -2.10. The minimum Gasteiger partial charge on any atom is -0.462 e. The zero-order valence-corrected chi connectivity index (χ0v) is 16.4. The lowest BCUT2D eigenvalue weighted by atomic mass is 10.1. The average Bonchev–Trinajstić information content (AvgIpc) is 2.67. The molecule has 0 aliphatic carbocycles. The van der Waals surface area contributed by atoms with Crippen LogP contribution in [0.5, 0.6) is 0 Å². The van der Waals surface area contributed by atoms with Crippen molar-refractivity contribution in [2.45, 2.75) is 66.2 Å². The third-order valence-electron chi connectivity index (χ3n) is 3.91. The van der Waals surface area contributed by atoms with Crippen LogP contribution in [0.25, 0.3) is 0 Å². The van der Waals surface area contributed by atoms with Gasteiger partial charge in [-0.25, -0.2) is 9.59 Å². The molecule has 0 heterocycles. The molecule has 146 valence electrons. The first kappa shape index (κ1) is 16.3. The van der Waals surface area contributed by atoms with Gasteiger partial charge in [0.1, 0.15) is 0 Å². The molecule has 0 saturated heterocycles. The highest BCUT2D eigenvalue weighted by Crippen LogP contribution is 2.14. The number of unbranched alkanes of at least 4 members (excludes halogenated alkanes) is 2. The van der Waals surface area contributed by atoms with Crippen molar-refractivity contribution in [1.82, 2.24) is 0 Å². The van der Waals surface area contributed by atoms with Crippen LogP contribution in [-0.2, 0) is 9.47 Å². The standard InChI is InChI=1S/C22H34O4/c1-17(2)11-7-9-15-25-21(23)19-13-5-6-14-20(19)22(24)26-16-10-8-12-18(3)4/h5-6,13-14,17-18H,7-12,15-16H2,1-4H3/i5D,6D,13D,14D. The van der Waals surface area contributed by atoms with E-state index in [-0.39, 0.29) is 13.2 Å². The second-order valence-corrected chi connectivity index (χ2v) is 7.30. The number of rotatable bonds is 12. The minimum atomic E-state index is -0.932. The number of ether oxygens (including phenoxy) is 2. The van der Waals surface area contributed by atoms with Gasteiger partial charge in [0.25, 0.3) is 0 Å². The van der Waals surface area contributed by atoms with Crippen molar-refractivity contribution in [3.8, 4) is 0 Å². The molecular weight excluding hydrogens is 328 g/mol. The zero-order valence-electron chi connectivity index (χ0n) is 20.4. The van der Waals surface area contributed by atoms with Crippen molar-refractivity contribution in [2.75, 3.05) is 13.2 Å². The maximum absolute atomic E-state index is 12.6. The maximum Gasteiger partial charge on any atom is 0.339 e. The predicted octanol–water partition coefficient (Wildman–Crippen LogP) is 5.65. The first-order chi connectivity index (χ1) is 14.1. The first-order valence-corrected chi connectivity index (χ1v) is 9.52. The highest BCUT2D eigenvalue weighted by atomic mass is 16.5. The van der Waals surface area contributed by atoms with Gasteiger partial charge in [-0.2, -0.15) is 0 Å². The van der Waals surface area contributed by atoms with E-state index in [0.717, 1.165) is 25.7 Å². The molecule has 0 saturated carbocycles. The van der Waals surface area contributed by atoms with Crippen LogP contribution in [0.15, 0.2) is 24.2 Å². The van der Waals surface area contributed by atoms with Gasteiger partial charge in [-0.05, 0) is 49.6 Å². The van der Waals surface area contributed by atoms with Crippen LogP contribution >= 0.6 is 0 Å². The van der Waals surface area contributed by atoms with E-state index in [1.54, 1.807) is 0 Å². The second-order valence-electron chi connectivity index (χ2n) is 7.30. The van der Waals surface area contributed by atoms with Crippen LogP contribution in [0, 0.1) is 11.8 Å². The molecule has 0 radical (unpaired) electrons. The highest BCUT2D eigenvalue weighted by Gasteiger charge is 2.18. The van der Waals surface area contributed by atoms with Crippen molar-refractivity contribution >= 4 is 11.9 Å².